The lowest BCUT2D eigenvalue weighted by Crippen LogP contribution is -2.05. The van der Waals surface area contributed by atoms with Crippen molar-refractivity contribution in [3.05, 3.63) is 46.5 Å². The first-order valence-corrected chi connectivity index (χ1v) is 5.52. The average Bonchev–Trinajstić information content (AvgIpc) is 2.39. The first-order chi connectivity index (χ1) is 8.90. The lowest BCUT2D eigenvalue weighted by Gasteiger charge is -2.11. The highest BCUT2D eigenvalue weighted by molar-refractivity contribution is 5.87. The second-order valence-electron chi connectivity index (χ2n) is 4.08. The van der Waals surface area contributed by atoms with E-state index in [0.717, 1.165) is 0 Å². The van der Waals surface area contributed by atoms with Crippen molar-refractivity contribution < 1.29 is 26.3 Å². The van der Waals surface area contributed by atoms with Gasteiger partial charge < -0.3 is 0 Å². The van der Waals surface area contributed by atoms with E-state index in [1.807, 2.05) is 0 Å². The number of hydrogen-bond donors (Lipinski definition) is 0. The zero-order valence-electron chi connectivity index (χ0n) is 9.76. The van der Waals surface area contributed by atoms with Crippen LogP contribution in [-0.4, -0.2) is 0 Å². The van der Waals surface area contributed by atoms with Crippen molar-refractivity contribution in [2.75, 3.05) is 0 Å². The molecule has 2 rings (SSSR count). The largest absolute Gasteiger partial charge is 0.204 e. The van der Waals surface area contributed by atoms with Gasteiger partial charge in [0.25, 0.3) is 0 Å². The molecule has 19 heavy (non-hydrogen) atoms. The van der Waals surface area contributed by atoms with Gasteiger partial charge in [0.2, 0.25) is 0 Å². The molecule has 0 aliphatic carbocycles. The van der Waals surface area contributed by atoms with Crippen LogP contribution in [0.15, 0.2) is 6.07 Å². The smallest absolute Gasteiger partial charge is 0.195 e. The van der Waals surface area contributed by atoms with Crippen LogP contribution in [-0.2, 0) is 6.42 Å². The molecule has 0 N–H and O–H groups in total. The minimum atomic E-state index is -1.84. The van der Waals surface area contributed by atoms with Crippen molar-refractivity contribution in [2.24, 2.45) is 0 Å². The Morgan fingerprint density at radius 3 is 2.00 bits per heavy atom. The molecule has 0 nitrogen and oxygen atoms in total. The van der Waals surface area contributed by atoms with Crippen LogP contribution in [0, 0.1) is 34.9 Å². The highest BCUT2D eigenvalue weighted by atomic mass is 19.2. The molecule has 2 aromatic carbocycles. The Morgan fingerprint density at radius 1 is 0.789 bits per heavy atom. The van der Waals surface area contributed by atoms with E-state index in [4.69, 9.17) is 0 Å². The van der Waals surface area contributed by atoms with Gasteiger partial charge in [0.05, 0.1) is 0 Å². The molecule has 0 unspecified atom stereocenters. The lowest BCUT2D eigenvalue weighted by molar-refractivity contribution is 0.437. The summed E-state index contributed by atoms with van der Waals surface area (Å²) in [5, 5.41) is -1.56. The number of benzene rings is 2. The molecule has 6 heteroatoms. The molecule has 0 saturated carbocycles. The molecular weight excluding hydrogens is 270 g/mol. The standard InChI is InChI=1S/C13H8F6/c1-2-3-5-8-6(10(16)13(19)9(5)15)4-7(14)11(17)12(8)18/h4H,2-3H2,1H3. The van der Waals surface area contributed by atoms with Crippen molar-refractivity contribution >= 4 is 10.8 Å². The third-order valence-corrected chi connectivity index (χ3v) is 2.85. The third kappa shape index (κ3) is 1.95. The summed E-state index contributed by atoms with van der Waals surface area (Å²) in [6.07, 6.45) is 0.178. The van der Waals surface area contributed by atoms with Gasteiger partial charge in [-0.05, 0) is 12.5 Å². The summed E-state index contributed by atoms with van der Waals surface area (Å²) in [4.78, 5) is 0. The first-order valence-electron chi connectivity index (χ1n) is 5.52. The highest BCUT2D eigenvalue weighted by Gasteiger charge is 2.25. The quantitative estimate of drug-likeness (QED) is 0.555. The number of fused-ring (bicyclic) bond motifs is 1. The van der Waals surface area contributed by atoms with Crippen molar-refractivity contribution in [3.8, 4) is 0 Å². The van der Waals surface area contributed by atoms with E-state index in [-0.39, 0.29) is 6.42 Å². The van der Waals surface area contributed by atoms with E-state index in [0.29, 0.717) is 12.5 Å². The molecule has 0 aliphatic heterocycles. The van der Waals surface area contributed by atoms with Crippen molar-refractivity contribution in [1.29, 1.82) is 0 Å². The molecule has 0 fully saturated rings. The fourth-order valence-electron chi connectivity index (χ4n) is 2.00. The van der Waals surface area contributed by atoms with Gasteiger partial charge in [-0.2, -0.15) is 0 Å². The Hall–Kier alpha value is -1.72. The molecule has 0 amide bonds. The summed E-state index contributed by atoms with van der Waals surface area (Å²) >= 11 is 0. The van der Waals surface area contributed by atoms with Crippen LogP contribution in [0.25, 0.3) is 10.8 Å². The zero-order chi connectivity index (χ0) is 14.3. The van der Waals surface area contributed by atoms with Crippen LogP contribution in [0.5, 0.6) is 0 Å². The van der Waals surface area contributed by atoms with Gasteiger partial charge in [-0.15, -0.1) is 0 Å². The number of halogens is 6. The number of rotatable bonds is 2. The second-order valence-corrected chi connectivity index (χ2v) is 4.08. The molecule has 0 aliphatic rings. The molecule has 0 spiro atoms. The van der Waals surface area contributed by atoms with Crippen LogP contribution in [0.1, 0.15) is 18.9 Å². The van der Waals surface area contributed by atoms with E-state index < -0.39 is 51.2 Å². The van der Waals surface area contributed by atoms with E-state index >= 15 is 0 Å². The summed E-state index contributed by atoms with van der Waals surface area (Å²) in [5.74, 6) is -10.3. The first kappa shape index (κ1) is 13.7. The van der Waals surface area contributed by atoms with Crippen molar-refractivity contribution in [1.82, 2.24) is 0 Å². The van der Waals surface area contributed by atoms with Gasteiger partial charge in [-0.3, -0.25) is 0 Å². The number of aryl methyl sites for hydroxylation is 1. The fourth-order valence-corrected chi connectivity index (χ4v) is 2.00. The Morgan fingerprint density at radius 2 is 1.42 bits per heavy atom. The van der Waals surface area contributed by atoms with Crippen molar-refractivity contribution in [2.45, 2.75) is 19.8 Å². The molecule has 0 saturated heterocycles. The predicted molar refractivity (Wildman–Crippen MR) is 57.7 cm³/mol. The Balaban J connectivity index is 3.03. The summed E-state index contributed by atoms with van der Waals surface area (Å²) < 4.78 is 80.3. The lowest BCUT2D eigenvalue weighted by atomic mass is 9.98. The monoisotopic (exact) mass is 278 g/mol. The fraction of sp³-hybridized carbons (Fsp3) is 0.231. The Kier molecular flexibility index (Phi) is 3.43. The van der Waals surface area contributed by atoms with Gasteiger partial charge in [0.1, 0.15) is 0 Å². The molecule has 0 radical (unpaired) electrons. The van der Waals surface area contributed by atoms with Gasteiger partial charge >= 0.3 is 0 Å². The maximum atomic E-state index is 13.7. The number of hydrogen-bond acceptors (Lipinski definition) is 0. The maximum Gasteiger partial charge on any atom is 0.195 e. The molecule has 0 aromatic heterocycles. The summed E-state index contributed by atoms with van der Waals surface area (Å²) in [6.45, 7) is 1.60. The molecular formula is C13H8F6. The van der Waals surface area contributed by atoms with E-state index in [2.05, 4.69) is 0 Å². The molecule has 0 bridgehead atoms. The predicted octanol–water partition coefficient (Wildman–Crippen LogP) is 4.63. The van der Waals surface area contributed by atoms with E-state index in [9.17, 15) is 26.3 Å². The summed E-state index contributed by atoms with van der Waals surface area (Å²) in [5.41, 5.74) is -0.493. The van der Waals surface area contributed by atoms with Crippen LogP contribution in [0.3, 0.4) is 0 Å². The van der Waals surface area contributed by atoms with Gasteiger partial charge in [0.15, 0.2) is 34.9 Å². The third-order valence-electron chi connectivity index (χ3n) is 2.85. The Labute approximate surface area is 104 Å². The van der Waals surface area contributed by atoms with Gasteiger partial charge in [-0.1, -0.05) is 13.3 Å². The van der Waals surface area contributed by atoms with Crippen LogP contribution in [0.2, 0.25) is 0 Å². The van der Waals surface area contributed by atoms with Gasteiger partial charge in [-0.25, -0.2) is 26.3 Å². The zero-order valence-corrected chi connectivity index (χ0v) is 9.76. The SMILES string of the molecule is CCCc1c(F)c(F)c(F)c2cc(F)c(F)c(F)c12. The molecule has 0 heterocycles. The maximum absolute atomic E-state index is 13.7. The van der Waals surface area contributed by atoms with E-state index in [1.165, 1.54) is 0 Å². The normalized spacial score (nSPS) is 11.3. The highest BCUT2D eigenvalue weighted by Crippen LogP contribution is 2.32. The van der Waals surface area contributed by atoms with Crippen molar-refractivity contribution in [3.63, 3.8) is 0 Å². The van der Waals surface area contributed by atoms with Gasteiger partial charge in [0, 0.05) is 16.3 Å². The van der Waals surface area contributed by atoms with Crippen LogP contribution in [0.4, 0.5) is 26.3 Å². The van der Waals surface area contributed by atoms with E-state index in [1.54, 1.807) is 6.92 Å². The minimum Gasteiger partial charge on any atom is -0.204 e. The summed E-state index contributed by atoms with van der Waals surface area (Å²) in [6, 6.07) is 0.324. The van der Waals surface area contributed by atoms with Crippen LogP contribution >= 0.6 is 0 Å². The molecule has 2 aromatic rings. The second kappa shape index (κ2) is 4.75. The average molecular weight is 278 g/mol. The Bertz CT molecular complexity index is 662. The summed E-state index contributed by atoms with van der Waals surface area (Å²) in [7, 11) is 0. The minimum absolute atomic E-state index is 0.123. The topological polar surface area (TPSA) is 0 Å². The molecule has 102 valence electrons. The molecule has 0 atom stereocenters. The van der Waals surface area contributed by atoms with Crippen LogP contribution < -0.4 is 0 Å².